The number of nitrogens with one attached hydrogen (secondary N) is 1. The highest BCUT2D eigenvalue weighted by molar-refractivity contribution is 5.74. The number of aliphatic hydroxyl groups excluding tert-OH is 1. The number of carbonyl (C=O) groups is 1. The van der Waals surface area contributed by atoms with Gasteiger partial charge in [-0.1, -0.05) is 103 Å². The van der Waals surface area contributed by atoms with Crippen molar-refractivity contribution in [2.75, 3.05) is 27.2 Å². The lowest BCUT2D eigenvalue weighted by Gasteiger charge is -2.28. The van der Waals surface area contributed by atoms with Gasteiger partial charge in [0.25, 0.3) is 5.91 Å². The predicted molar refractivity (Wildman–Crippen MR) is 126 cm³/mol. The first-order chi connectivity index (χ1) is 14.0. The summed E-state index contributed by atoms with van der Waals surface area (Å²) in [5.41, 5.74) is 3.10. The van der Waals surface area contributed by atoms with Crippen LogP contribution in [0.25, 0.3) is 0 Å². The molecule has 182 valence electrons. The summed E-state index contributed by atoms with van der Waals surface area (Å²) in [6, 6.07) is 0. The molecule has 0 aliphatic rings. The Morgan fingerprint density at radius 1 is 0.667 bits per heavy atom. The fraction of sp³-hybridized carbons (Fsp3) is 0.960. The van der Waals surface area contributed by atoms with Crippen LogP contribution in [0.5, 0.6) is 0 Å². The van der Waals surface area contributed by atoms with Gasteiger partial charge in [-0.2, -0.15) is 0 Å². The minimum Gasteiger partial charge on any atom is -1.00 e. The number of halogens is 1. The van der Waals surface area contributed by atoms with Crippen molar-refractivity contribution in [2.45, 2.75) is 129 Å². The van der Waals surface area contributed by atoms with Gasteiger partial charge in [-0.25, -0.2) is 10.0 Å². The predicted octanol–water partition coefficient (Wildman–Crippen LogP) is 3.52. The first-order valence-corrected chi connectivity index (χ1v) is 12.8. The quantitative estimate of drug-likeness (QED) is 0.151. The third-order valence-corrected chi connectivity index (χ3v) is 5.77. The van der Waals surface area contributed by atoms with Gasteiger partial charge in [0.05, 0.1) is 14.1 Å². The molecular weight excluding hydrogens is 396 g/mol. The Kier molecular flexibility index (Phi) is 24.8. The lowest BCUT2D eigenvalue weighted by Crippen LogP contribution is -3.00. The lowest BCUT2D eigenvalue weighted by molar-refractivity contribution is -0.925. The Balaban J connectivity index is 0. The maximum atomic E-state index is 12.0. The van der Waals surface area contributed by atoms with E-state index in [-0.39, 0.29) is 18.3 Å². The van der Waals surface area contributed by atoms with Crippen molar-refractivity contribution in [2.24, 2.45) is 0 Å². The molecule has 0 aromatic carbocycles. The summed E-state index contributed by atoms with van der Waals surface area (Å²) in [6.07, 6.45) is 23.9. The molecule has 0 saturated carbocycles. The highest BCUT2D eigenvalue weighted by atomic mass is 35.5. The fourth-order valence-electron chi connectivity index (χ4n) is 4.06. The van der Waals surface area contributed by atoms with Crippen LogP contribution in [0.15, 0.2) is 0 Å². The van der Waals surface area contributed by atoms with Crippen molar-refractivity contribution in [3.05, 3.63) is 0 Å². The number of quaternary nitrogens is 1. The Hall–Kier alpha value is -0.320. The molecule has 0 aliphatic heterocycles. The number of carbonyl (C=O) groups excluding carboxylic acids is 1. The number of nitrogens with zero attached hydrogens (tertiary/aromatic N) is 1. The molecule has 0 fully saturated rings. The van der Waals surface area contributed by atoms with E-state index in [1.54, 1.807) is 0 Å². The van der Waals surface area contributed by atoms with E-state index in [9.17, 15) is 4.79 Å². The Morgan fingerprint density at radius 2 is 1.00 bits per heavy atom. The Bertz CT molecular complexity index is 365. The highest BCUT2D eigenvalue weighted by Crippen LogP contribution is 2.14. The van der Waals surface area contributed by atoms with E-state index in [1.807, 2.05) is 0 Å². The number of hydrogen-bond acceptors (Lipinski definition) is 2. The molecule has 0 radical (unpaired) electrons. The van der Waals surface area contributed by atoms with Crippen LogP contribution in [-0.2, 0) is 4.79 Å². The van der Waals surface area contributed by atoms with E-state index < -0.39 is 0 Å². The van der Waals surface area contributed by atoms with E-state index >= 15 is 0 Å². The summed E-state index contributed by atoms with van der Waals surface area (Å²) >= 11 is 0. The number of rotatable bonds is 22. The zero-order chi connectivity index (χ0) is 21.6. The monoisotopic (exact) mass is 448 g/mol. The van der Waals surface area contributed by atoms with Crippen molar-refractivity contribution in [1.29, 1.82) is 0 Å². The van der Waals surface area contributed by atoms with Gasteiger partial charge in [0, 0.05) is 13.0 Å². The van der Waals surface area contributed by atoms with E-state index in [1.165, 1.54) is 96.3 Å². The normalized spacial score (nSPS) is 11.3. The molecule has 0 aromatic heterocycles. The molecule has 4 nitrogen and oxygen atoms in total. The zero-order valence-electron chi connectivity index (χ0n) is 20.5. The van der Waals surface area contributed by atoms with Gasteiger partial charge in [0.1, 0.15) is 6.54 Å². The van der Waals surface area contributed by atoms with E-state index in [0.717, 1.165) is 25.8 Å². The second-order valence-corrected chi connectivity index (χ2v) is 9.43. The van der Waals surface area contributed by atoms with Crippen LogP contribution < -0.4 is 17.8 Å². The fourth-order valence-corrected chi connectivity index (χ4v) is 4.06. The smallest absolute Gasteiger partial charge is 0.264 e. The molecule has 0 atom stereocenters. The topological polar surface area (TPSA) is 49.3 Å². The van der Waals surface area contributed by atoms with Gasteiger partial charge >= 0.3 is 0 Å². The Labute approximate surface area is 194 Å². The average Bonchev–Trinajstić information content (AvgIpc) is 2.66. The maximum absolute atomic E-state index is 12.0. The van der Waals surface area contributed by atoms with Crippen molar-refractivity contribution >= 4 is 5.91 Å². The van der Waals surface area contributed by atoms with Crippen LogP contribution in [0, 0.1) is 0 Å². The van der Waals surface area contributed by atoms with Gasteiger partial charge in [0.15, 0.2) is 0 Å². The summed E-state index contributed by atoms with van der Waals surface area (Å²) in [4.78, 5) is 12.0. The number of hydrogen-bond donors (Lipinski definition) is 2. The molecular formula is C25H53ClN2O2. The zero-order valence-corrected chi connectivity index (χ0v) is 21.3. The van der Waals surface area contributed by atoms with Gasteiger partial charge in [-0.15, -0.1) is 0 Å². The van der Waals surface area contributed by atoms with Gasteiger partial charge < -0.3 is 17.5 Å². The van der Waals surface area contributed by atoms with E-state index in [4.69, 9.17) is 5.11 Å². The van der Waals surface area contributed by atoms with Crippen LogP contribution in [0.4, 0.5) is 0 Å². The molecule has 0 unspecified atom stereocenters. The summed E-state index contributed by atoms with van der Waals surface area (Å²) in [5, 5.41) is 8.74. The van der Waals surface area contributed by atoms with E-state index in [2.05, 4.69) is 26.4 Å². The van der Waals surface area contributed by atoms with E-state index in [0.29, 0.717) is 17.6 Å². The minimum atomic E-state index is 0. The number of amides is 1. The number of unbranched alkanes of at least 4 members (excludes halogenated alkanes) is 16. The van der Waals surface area contributed by atoms with Crippen molar-refractivity contribution < 1.29 is 26.9 Å². The van der Waals surface area contributed by atoms with Crippen molar-refractivity contribution in [3.8, 4) is 0 Å². The average molecular weight is 449 g/mol. The van der Waals surface area contributed by atoms with Gasteiger partial charge in [-0.3, -0.25) is 4.79 Å². The van der Waals surface area contributed by atoms with Crippen molar-refractivity contribution in [3.63, 3.8) is 0 Å². The molecule has 0 spiro atoms. The molecule has 0 aromatic rings. The third kappa shape index (κ3) is 24.0. The van der Waals surface area contributed by atoms with Crippen LogP contribution in [0.3, 0.4) is 0 Å². The Morgan fingerprint density at radius 3 is 1.33 bits per heavy atom. The largest absolute Gasteiger partial charge is 1.00 e. The molecule has 30 heavy (non-hydrogen) atoms. The molecule has 1 amide bonds. The molecule has 0 heterocycles. The summed E-state index contributed by atoms with van der Waals surface area (Å²) in [6.45, 7) is 3.49. The summed E-state index contributed by atoms with van der Waals surface area (Å²) in [5.74, 6) is 0.199. The highest BCUT2D eigenvalue weighted by Gasteiger charge is 2.16. The van der Waals surface area contributed by atoms with Crippen LogP contribution in [-0.4, -0.2) is 42.9 Å². The summed E-state index contributed by atoms with van der Waals surface area (Å²) in [7, 11) is 4.12. The van der Waals surface area contributed by atoms with Crippen LogP contribution in [0.1, 0.15) is 129 Å². The molecule has 0 rings (SSSR count). The second kappa shape index (κ2) is 23.3. The number of aliphatic hydroxyl groups is 1. The third-order valence-electron chi connectivity index (χ3n) is 5.77. The first-order valence-electron chi connectivity index (χ1n) is 12.8. The van der Waals surface area contributed by atoms with Crippen LogP contribution >= 0.6 is 0 Å². The van der Waals surface area contributed by atoms with Crippen molar-refractivity contribution in [1.82, 2.24) is 5.43 Å². The summed E-state index contributed by atoms with van der Waals surface area (Å²) < 4.78 is 0.598. The SMILES string of the molecule is CCC[N+](C)(C)NC(=O)CCCCCCCCCCCCCCCCCCCO.[Cl-]. The maximum Gasteiger partial charge on any atom is 0.264 e. The second-order valence-electron chi connectivity index (χ2n) is 9.43. The molecule has 0 saturated heterocycles. The molecule has 0 bridgehead atoms. The minimum absolute atomic E-state index is 0. The molecule has 0 aliphatic carbocycles. The lowest BCUT2D eigenvalue weighted by atomic mass is 10.0. The standard InChI is InChI=1S/C25H52N2O2.ClH/c1-4-23-27(2,3)26-25(29)22-20-18-16-14-12-10-8-6-5-7-9-11-13-15-17-19-21-24-28;/h28H,4-24H2,1-3H3;1H. The first kappa shape index (κ1) is 31.9. The van der Waals surface area contributed by atoms with Crippen LogP contribution in [0.2, 0.25) is 0 Å². The van der Waals surface area contributed by atoms with Gasteiger partial charge in [0.2, 0.25) is 0 Å². The van der Waals surface area contributed by atoms with Gasteiger partial charge in [-0.05, 0) is 19.3 Å². The molecule has 5 heteroatoms. The molecule has 2 N–H and O–H groups in total.